The van der Waals surface area contributed by atoms with Crippen LogP contribution in [0.15, 0.2) is 29.2 Å². The van der Waals surface area contributed by atoms with Gasteiger partial charge in [-0.25, -0.2) is 16.8 Å². The molecule has 0 radical (unpaired) electrons. The van der Waals surface area contributed by atoms with Gasteiger partial charge in [0.1, 0.15) is 0 Å². The normalized spacial score (nSPS) is 16.6. The predicted molar refractivity (Wildman–Crippen MR) is 103 cm³/mol. The van der Waals surface area contributed by atoms with Gasteiger partial charge in [0.05, 0.1) is 4.90 Å². The number of nitrogens with one attached hydrogen (secondary N) is 1. The number of benzene rings is 1. The minimum Gasteiger partial charge on any atom is -0.206 e. The van der Waals surface area contributed by atoms with E-state index in [9.17, 15) is 30.0 Å². The number of alkyl halides is 3. The van der Waals surface area contributed by atoms with E-state index in [1.54, 1.807) is 0 Å². The molecule has 5 nitrogen and oxygen atoms in total. The third kappa shape index (κ3) is 5.48. The lowest BCUT2D eigenvalue weighted by atomic mass is 9.58. The van der Waals surface area contributed by atoms with Crippen LogP contribution in [0.25, 0.3) is 0 Å². The molecule has 1 unspecified atom stereocenters. The summed E-state index contributed by atoms with van der Waals surface area (Å²) in [4.78, 5) is -0.559. The zero-order valence-corrected chi connectivity index (χ0v) is 18.7. The molecule has 0 aliphatic carbocycles. The van der Waals surface area contributed by atoms with E-state index < -0.39 is 30.5 Å². The molecule has 0 heterocycles. The number of halogens is 3. The van der Waals surface area contributed by atoms with E-state index in [2.05, 4.69) is 41.5 Å². The van der Waals surface area contributed by atoms with Crippen LogP contribution in [-0.2, 0) is 25.5 Å². The molecule has 1 atom stereocenters. The van der Waals surface area contributed by atoms with Gasteiger partial charge in [-0.3, -0.25) is 0 Å². The summed E-state index contributed by atoms with van der Waals surface area (Å²) in [6.07, 6.45) is 0.774. The Kier molecular flexibility index (Phi) is 6.48. The van der Waals surface area contributed by atoms with E-state index >= 15 is 0 Å². The lowest BCUT2D eigenvalue weighted by Gasteiger charge is -2.46. The molecule has 162 valence electrons. The molecule has 0 fully saturated rings. The smallest absolute Gasteiger partial charge is 0.206 e. The zero-order valence-electron chi connectivity index (χ0n) is 17.1. The zero-order chi connectivity index (χ0) is 22.4. The quantitative estimate of drug-likeness (QED) is 0.724. The highest BCUT2D eigenvalue weighted by atomic mass is 32.3. The van der Waals surface area contributed by atoms with E-state index in [-0.39, 0.29) is 16.2 Å². The van der Waals surface area contributed by atoms with Crippen molar-refractivity contribution in [1.29, 1.82) is 0 Å². The molecular formula is C18H28F3NO4S2. The van der Waals surface area contributed by atoms with Crippen molar-refractivity contribution in [3.8, 4) is 0 Å². The highest BCUT2D eigenvalue weighted by Crippen LogP contribution is 2.48. The van der Waals surface area contributed by atoms with Crippen LogP contribution in [0.3, 0.4) is 0 Å². The number of hydrogen-bond donors (Lipinski definition) is 1. The first-order chi connectivity index (χ1) is 12.1. The van der Waals surface area contributed by atoms with Crippen LogP contribution in [-0.4, -0.2) is 22.3 Å². The van der Waals surface area contributed by atoms with Crippen molar-refractivity contribution in [3.05, 3.63) is 29.8 Å². The second kappa shape index (κ2) is 7.28. The van der Waals surface area contributed by atoms with Crippen LogP contribution < -0.4 is 4.13 Å². The van der Waals surface area contributed by atoms with Crippen molar-refractivity contribution in [2.75, 3.05) is 0 Å². The molecule has 1 N–H and O–H groups in total. The summed E-state index contributed by atoms with van der Waals surface area (Å²) < 4.78 is 84.6. The summed E-state index contributed by atoms with van der Waals surface area (Å²) in [7, 11) is -10.9. The van der Waals surface area contributed by atoms with E-state index in [1.807, 2.05) is 6.92 Å². The second-order valence-electron chi connectivity index (χ2n) is 9.38. The fourth-order valence-corrected chi connectivity index (χ4v) is 5.52. The average Bonchev–Trinajstić information content (AvgIpc) is 2.42. The van der Waals surface area contributed by atoms with Crippen LogP contribution in [0.1, 0.15) is 60.5 Å². The minimum atomic E-state index is -6.03. The Labute approximate surface area is 165 Å². The van der Waals surface area contributed by atoms with Gasteiger partial charge < -0.3 is 0 Å². The van der Waals surface area contributed by atoms with Crippen LogP contribution in [0.5, 0.6) is 0 Å². The van der Waals surface area contributed by atoms with Gasteiger partial charge in [-0.15, -0.1) is 0 Å². The molecule has 1 aromatic carbocycles. The fraction of sp³-hybridized carbons (Fsp3) is 0.667. The van der Waals surface area contributed by atoms with Crippen molar-refractivity contribution in [2.24, 2.45) is 10.8 Å². The molecule has 1 aromatic rings. The van der Waals surface area contributed by atoms with Gasteiger partial charge in [-0.05, 0) is 40.4 Å². The average molecular weight is 444 g/mol. The van der Waals surface area contributed by atoms with E-state index in [0.29, 0.717) is 0 Å². The standard InChI is InChI=1S/C18H28F3NO4S2/c1-15(2,3)12-17(7,16(4,5)6)13-8-10-14(11-9-13)27(23,24)22-28(25,26)18(19,20)21/h8-11,22H,12H2,1-7H3. The first-order valence-corrected chi connectivity index (χ1v) is 11.5. The molecule has 0 aromatic heterocycles. The van der Waals surface area contributed by atoms with Gasteiger partial charge in [0.15, 0.2) is 0 Å². The third-order valence-corrected chi connectivity index (χ3v) is 8.12. The molecule has 10 heteroatoms. The second-order valence-corrected chi connectivity index (χ2v) is 13.0. The molecule has 1 rings (SSSR count). The summed E-state index contributed by atoms with van der Waals surface area (Å²) in [5, 5.41) is 0. The van der Waals surface area contributed by atoms with Gasteiger partial charge in [-0.1, -0.05) is 64.7 Å². The molecule has 0 bridgehead atoms. The highest BCUT2D eigenvalue weighted by Gasteiger charge is 2.48. The van der Waals surface area contributed by atoms with E-state index in [0.717, 1.165) is 28.2 Å². The molecule has 0 aliphatic rings. The minimum absolute atomic E-state index is 0.0326. The molecule has 0 saturated heterocycles. The fourth-order valence-electron chi connectivity index (χ4n) is 3.10. The molecule has 0 saturated carbocycles. The van der Waals surface area contributed by atoms with Crippen molar-refractivity contribution < 1.29 is 30.0 Å². The summed E-state index contributed by atoms with van der Waals surface area (Å²) in [6, 6.07) is 5.28. The Balaban J connectivity index is 3.36. The first-order valence-electron chi connectivity index (χ1n) is 8.58. The van der Waals surface area contributed by atoms with E-state index in [1.165, 1.54) is 12.1 Å². The molecular weight excluding hydrogens is 415 g/mol. The van der Waals surface area contributed by atoms with Crippen LogP contribution >= 0.6 is 0 Å². The summed E-state index contributed by atoms with van der Waals surface area (Å²) in [6.45, 7) is 14.5. The SMILES string of the molecule is CC(C)(C)CC(C)(c1ccc(S(=O)(=O)NS(=O)(=O)C(F)(F)F)cc1)C(C)(C)C. The highest BCUT2D eigenvalue weighted by molar-refractivity contribution is 8.05. The van der Waals surface area contributed by atoms with E-state index in [4.69, 9.17) is 0 Å². The van der Waals surface area contributed by atoms with Crippen LogP contribution in [0.4, 0.5) is 13.2 Å². The lowest BCUT2D eigenvalue weighted by Crippen LogP contribution is -2.41. The van der Waals surface area contributed by atoms with Crippen molar-refractivity contribution in [3.63, 3.8) is 0 Å². The maximum absolute atomic E-state index is 12.5. The Morgan fingerprint density at radius 3 is 1.57 bits per heavy atom. The topological polar surface area (TPSA) is 80.3 Å². The van der Waals surface area contributed by atoms with Crippen LogP contribution in [0.2, 0.25) is 0 Å². The van der Waals surface area contributed by atoms with Crippen molar-refractivity contribution in [1.82, 2.24) is 4.13 Å². The Morgan fingerprint density at radius 2 is 1.25 bits per heavy atom. The predicted octanol–water partition coefficient (Wildman–Crippen LogP) is 4.55. The summed E-state index contributed by atoms with van der Waals surface area (Å²) in [5.41, 5.74) is -5.50. The largest absolute Gasteiger partial charge is 0.512 e. The Hall–Kier alpha value is -1.13. The first kappa shape index (κ1) is 24.9. The molecule has 0 amide bonds. The van der Waals surface area contributed by atoms with Gasteiger partial charge in [0.25, 0.3) is 10.0 Å². The van der Waals surface area contributed by atoms with Crippen molar-refractivity contribution >= 4 is 20.0 Å². The number of rotatable bonds is 5. The monoisotopic (exact) mass is 443 g/mol. The molecule has 28 heavy (non-hydrogen) atoms. The van der Waals surface area contributed by atoms with Gasteiger partial charge in [0.2, 0.25) is 0 Å². The summed E-state index contributed by atoms with van der Waals surface area (Å²) in [5.74, 6) is 0. The summed E-state index contributed by atoms with van der Waals surface area (Å²) >= 11 is 0. The number of hydrogen-bond acceptors (Lipinski definition) is 4. The third-order valence-electron chi connectivity index (χ3n) is 4.87. The van der Waals surface area contributed by atoms with Crippen molar-refractivity contribution in [2.45, 2.75) is 70.7 Å². The Morgan fingerprint density at radius 1 is 0.821 bits per heavy atom. The lowest BCUT2D eigenvalue weighted by molar-refractivity contribution is -0.0441. The number of sulfonamides is 2. The maximum atomic E-state index is 12.5. The van der Waals surface area contributed by atoms with Gasteiger partial charge in [0, 0.05) is 0 Å². The van der Waals surface area contributed by atoms with Gasteiger partial charge in [-0.2, -0.15) is 13.2 Å². The molecule has 0 spiro atoms. The Bertz CT molecular complexity index is 908. The molecule has 0 aliphatic heterocycles. The maximum Gasteiger partial charge on any atom is 0.512 e. The van der Waals surface area contributed by atoms with Gasteiger partial charge >= 0.3 is 15.5 Å². The van der Waals surface area contributed by atoms with Crippen LogP contribution in [0, 0.1) is 10.8 Å².